The Bertz CT molecular complexity index is 1580. The molecule has 0 bridgehead atoms. The van der Waals surface area contributed by atoms with Crippen LogP contribution in [0.25, 0.3) is 10.8 Å². The molecule has 2 unspecified atom stereocenters. The smallest absolute Gasteiger partial charge is 0.247 e. The van der Waals surface area contributed by atoms with Crippen LogP contribution in [0.15, 0.2) is 71.8 Å². The molecule has 2 amide bonds. The molecule has 0 saturated carbocycles. The predicted octanol–water partition coefficient (Wildman–Crippen LogP) is 5.04. The molecule has 0 radical (unpaired) electrons. The summed E-state index contributed by atoms with van der Waals surface area (Å²) in [7, 11) is 0. The molecular weight excluding hydrogens is 538 g/mol. The number of carbonyl (C=O) groups is 2. The second-order valence-electron chi connectivity index (χ2n) is 8.88. The Morgan fingerprint density at radius 3 is 2.54 bits per heavy atom. The van der Waals surface area contributed by atoms with Crippen LogP contribution in [0.4, 0.5) is 17.2 Å². The maximum absolute atomic E-state index is 13.6. The number of aryl methyl sites for hydroxylation is 1. The van der Waals surface area contributed by atoms with Gasteiger partial charge in [-0.05, 0) is 77.0 Å². The van der Waals surface area contributed by atoms with Crippen LogP contribution in [0, 0.1) is 0 Å². The number of nitrogens with two attached hydrogens (primary N) is 1. The van der Waals surface area contributed by atoms with E-state index in [0.717, 1.165) is 16.3 Å². The zero-order valence-electron chi connectivity index (χ0n) is 21.3. The number of nitrogens with one attached hydrogen (secondary N) is 3. The maximum atomic E-state index is 13.6. The van der Waals surface area contributed by atoms with Gasteiger partial charge in [0.05, 0.1) is 4.90 Å². The SMILES string of the molecule is CCc1cc(C(Nc2ccc3c(N)nccc3c2)C(=O)NCc2cc(NC(C)=O)ccc2S(=O)O)ccc1Cl. The number of rotatable bonds is 9. The molecule has 11 heteroatoms. The molecular formula is C28H28ClN5O4S. The fourth-order valence-electron chi connectivity index (χ4n) is 4.26. The van der Waals surface area contributed by atoms with E-state index in [2.05, 4.69) is 20.9 Å². The molecule has 0 aliphatic heterocycles. The van der Waals surface area contributed by atoms with E-state index in [9.17, 15) is 18.4 Å². The van der Waals surface area contributed by atoms with Crippen LogP contribution < -0.4 is 21.7 Å². The van der Waals surface area contributed by atoms with E-state index >= 15 is 0 Å². The second-order valence-corrected chi connectivity index (χ2v) is 10.2. The van der Waals surface area contributed by atoms with Gasteiger partial charge in [-0.25, -0.2) is 9.19 Å². The monoisotopic (exact) mass is 565 g/mol. The minimum absolute atomic E-state index is 0.0414. The molecule has 39 heavy (non-hydrogen) atoms. The first-order valence-corrected chi connectivity index (χ1v) is 13.6. The van der Waals surface area contributed by atoms with Crippen molar-refractivity contribution >= 4 is 62.5 Å². The lowest BCUT2D eigenvalue weighted by molar-refractivity contribution is -0.122. The third kappa shape index (κ3) is 6.72. The molecule has 6 N–H and O–H groups in total. The number of hydrogen-bond acceptors (Lipinski definition) is 6. The lowest BCUT2D eigenvalue weighted by Gasteiger charge is -2.22. The van der Waals surface area contributed by atoms with Gasteiger partial charge in [0.25, 0.3) is 0 Å². The van der Waals surface area contributed by atoms with Crippen LogP contribution in [0.5, 0.6) is 0 Å². The molecule has 0 spiro atoms. The fraction of sp³-hybridized carbons (Fsp3) is 0.179. The Morgan fingerprint density at radius 2 is 1.82 bits per heavy atom. The number of nitrogen functional groups attached to an aromatic ring is 1. The second kappa shape index (κ2) is 12.2. The molecule has 9 nitrogen and oxygen atoms in total. The van der Waals surface area contributed by atoms with Crippen LogP contribution >= 0.6 is 11.6 Å². The zero-order valence-corrected chi connectivity index (χ0v) is 22.9. The average molecular weight is 566 g/mol. The molecule has 2 atom stereocenters. The molecule has 1 aromatic heterocycles. The third-order valence-electron chi connectivity index (χ3n) is 6.17. The summed E-state index contributed by atoms with van der Waals surface area (Å²) < 4.78 is 21.7. The van der Waals surface area contributed by atoms with Crippen LogP contribution in [0.2, 0.25) is 5.02 Å². The van der Waals surface area contributed by atoms with Gasteiger partial charge in [-0.15, -0.1) is 0 Å². The topological polar surface area (TPSA) is 146 Å². The Kier molecular flexibility index (Phi) is 8.80. The normalized spacial score (nSPS) is 12.5. The first kappa shape index (κ1) is 28.0. The predicted molar refractivity (Wildman–Crippen MR) is 155 cm³/mol. The van der Waals surface area contributed by atoms with Gasteiger partial charge in [0, 0.05) is 41.4 Å². The van der Waals surface area contributed by atoms with Crippen molar-refractivity contribution in [2.45, 2.75) is 37.8 Å². The number of amides is 2. The summed E-state index contributed by atoms with van der Waals surface area (Å²) in [5.41, 5.74) is 9.11. The van der Waals surface area contributed by atoms with Crippen molar-refractivity contribution in [3.8, 4) is 0 Å². The van der Waals surface area contributed by atoms with E-state index in [1.54, 1.807) is 24.4 Å². The molecule has 0 aliphatic rings. The number of nitrogens with zero attached hydrogens (tertiary/aromatic N) is 1. The van der Waals surface area contributed by atoms with Gasteiger partial charge in [-0.1, -0.05) is 30.7 Å². The van der Waals surface area contributed by atoms with Crippen molar-refractivity contribution in [1.82, 2.24) is 10.3 Å². The van der Waals surface area contributed by atoms with Gasteiger partial charge in [0.15, 0.2) is 11.1 Å². The standard InChI is InChI=1S/C28H28ClN5O4S/c1-3-17-12-19(4-8-24(17)29)26(34-22-5-7-23-18(13-22)10-11-31-27(23)30)28(36)32-15-20-14-21(33-16(2)35)6-9-25(20)39(37)38/h4-14,26,34H,3,15H2,1-2H3,(H2,30,31)(H,32,36)(H,33,35)(H,37,38). The van der Waals surface area contributed by atoms with Crippen molar-refractivity contribution in [2.24, 2.45) is 0 Å². The minimum atomic E-state index is -2.29. The Hall–Kier alpha value is -3.99. The van der Waals surface area contributed by atoms with Crippen molar-refractivity contribution < 1.29 is 18.4 Å². The van der Waals surface area contributed by atoms with E-state index < -0.39 is 17.1 Å². The first-order valence-electron chi connectivity index (χ1n) is 12.1. The Labute approximate surface area is 233 Å². The molecule has 0 saturated heterocycles. The molecule has 3 aromatic carbocycles. The van der Waals surface area contributed by atoms with Crippen molar-refractivity contribution in [2.75, 3.05) is 16.4 Å². The summed E-state index contributed by atoms with van der Waals surface area (Å²) >= 11 is 4.05. The summed E-state index contributed by atoms with van der Waals surface area (Å²) in [6.07, 6.45) is 2.31. The number of aromatic nitrogens is 1. The van der Waals surface area contributed by atoms with Gasteiger partial charge < -0.3 is 26.2 Å². The van der Waals surface area contributed by atoms with Gasteiger partial charge >= 0.3 is 0 Å². The Balaban J connectivity index is 1.66. The Morgan fingerprint density at radius 1 is 1.05 bits per heavy atom. The first-order chi connectivity index (χ1) is 18.7. The fourth-order valence-corrected chi connectivity index (χ4v) is 5.05. The van der Waals surface area contributed by atoms with E-state index in [1.807, 2.05) is 37.3 Å². The van der Waals surface area contributed by atoms with Crippen LogP contribution in [-0.2, 0) is 33.6 Å². The number of pyridine rings is 1. The number of hydrogen-bond donors (Lipinski definition) is 5. The third-order valence-corrected chi connectivity index (χ3v) is 7.32. The molecule has 0 fully saturated rings. The molecule has 202 valence electrons. The highest BCUT2D eigenvalue weighted by Crippen LogP contribution is 2.28. The quantitative estimate of drug-likeness (QED) is 0.179. The summed E-state index contributed by atoms with van der Waals surface area (Å²) in [6, 6.07) is 16.5. The maximum Gasteiger partial charge on any atom is 0.247 e. The number of fused-ring (bicyclic) bond motifs is 1. The summed E-state index contributed by atoms with van der Waals surface area (Å²) in [4.78, 5) is 29.4. The van der Waals surface area contributed by atoms with E-state index in [1.165, 1.54) is 19.1 Å². The molecule has 1 heterocycles. The number of anilines is 3. The number of carbonyl (C=O) groups excluding carboxylic acids is 2. The van der Waals surface area contributed by atoms with E-state index in [-0.39, 0.29) is 23.3 Å². The minimum Gasteiger partial charge on any atom is -0.383 e. The van der Waals surface area contributed by atoms with Crippen LogP contribution in [0.1, 0.15) is 36.6 Å². The number of benzene rings is 3. The number of halogens is 1. The lowest BCUT2D eigenvalue weighted by atomic mass is 10.0. The summed E-state index contributed by atoms with van der Waals surface area (Å²) in [5, 5.41) is 11.1. The van der Waals surface area contributed by atoms with E-state index in [0.29, 0.717) is 39.8 Å². The largest absolute Gasteiger partial charge is 0.383 e. The van der Waals surface area contributed by atoms with Gasteiger partial charge in [0.1, 0.15) is 11.9 Å². The highest BCUT2D eigenvalue weighted by Gasteiger charge is 2.22. The van der Waals surface area contributed by atoms with E-state index in [4.69, 9.17) is 17.3 Å². The van der Waals surface area contributed by atoms with Crippen LogP contribution in [0.3, 0.4) is 0 Å². The van der Waals surface area contributed by atoms with Gasteiger partial charge in [-0.2, -0.15) is 0 Å². The van der Waals surface area contributed by atoms with Crippen molar-refractivity contribution in [1.29, 1.82) is 0 Å². The highest BCUT2D eigenvalue weighted by molar-refractivity contribution is 7.79. The highest BCUT2D eigenvalue weighted by atomic mass is 35.5. The molecule has 4 aromatic rings. The van der Waals surface area contributed by atoms with Crippen LogP contribution in [-0.4, -0.2) is 25.6 Å². The van der Waals surface area contributed by atoms with Gasteiger partial charge in [0.2, 0.25) is 11.8 Å². The van der Waals surface area contributed by atoms with Gasteiger partial charge in [-0.3, -0.25) is 9.59 Å². The van der Waals surface area contributed by atoms with Crippen molar-refractivity contribution in [3.63, 3.8) is 0 Å². The summed E-state index contributed by atoms with van der Waals surface area (Å²) in [5.74, 6) is -0.236. The van der Waals surface area contributed by atoms with Crippen molar-refractivity contribution in [3.05, 3.63) is 88.6 Å². The lowest BCUT2D eigenvalue weighted by Crippen LogP contribution is -2.33. The zero-order chi connectivity index (χ0) is 28.1. The molecule has 0 aliphatic carbocycles. The molecule has 4 rings (SSSR count). The summed E-state index contributed by atoms with van der Waals surface area (Å²) in [6.45, 7) is 3.30. The average Bonchev–Trinajstić information content (AvgIpc) is 2.90.